The summed E-state index contributed by atoms with van der Waals surface area (Å²) in [6.45, 7) is 8.02. The molecule has 256 valence electrons. The molecule has 0 aromatic rings. The highest BCUT2D eigenvalue weighted by atomic mass is 32.2. The molecule has 0 aliphatic heterocycles. The Hall–Kier alpha value is -0.710. The molecule has 2 unspecified atom stereocenters. The zero-order valence-corrected chi connectivity index (χ0v) is 30.1. The van der Waals surface area contributed by atoms with Gasteiger partial charge in [0, 0.05) is 0 Å². The molecule has 2 N–H and O–H groups in total. The Kier molecular flexibility index (Phi) is 28.3. The van der Waals surface area contributed by atoms with Crippen molar-refractivity contribution in [1.82, 2.24) is 0 Å². The van der Waals surface area contributed by atoms with Gasteiger partial charge in [-0.1, -0.05) is 194 Å². The Morgan fingerprint density at radius 1 is 0.395 bits per heavy atom. The summed E-state index contributed by atoms with van der Waals surface area (Å²) in [5.74, 6) is -1.75. The summed E-state index contributed by atoms with van der Waals surface area (Å²) < 4.78 is -2.11. The van der Waals surface area contributed by atoms with Crippen molar-refractivity contribution in [3.63, 3.8) is 0 Å². The van der Waals surface area contributed by atoms with E-state index in [1.807, 2.05) is 0 Å². The normalized spacial score (nSPS) is 14.4. The topological polar surface area (TPSA) is 74.6 Å². The smallest absolute Gasteiger partial charge is 0.319 e. The van der Waals surface area contributed by atoms with E-state index in [0.29, 0.717) is 12.8 Å². The summed E-state index contributed by atoms with van der Waals surface area (Å²) in [5, 5.41) is 20.1. The number of carboxylic acid groups (broad SMARTS) is 2. The van der Waals surface area contributed by atoms with E-state index >= 15 is 0 Å². The van der Waals surface area contributed by atoms with Crippen molar-refractivity contribution in [1.29, 1.82) is 0 Å². The van der Waals surface area contributed by atoms with E-state index < -0.39 is 21.4 Å². The van der Waals surface area contributed by atoms with Crippen LogP contribution >= 0.6 is 11.8 Å². The predicted molar refractivity (Wildman–Crippen MR) is 190 cm³/mol. The highest BCUT2D eigenvalue weighted by Gasteiger charge is 2.45. The lowest BCUT2D eigenvalue weighted by molar-refractivity contribution is -0.139. The minimum atomic E-state index is -1.06. The maximum absolute atomic E-state index is 12.3. The number of hydrogen-bond acceptors (Lipinski definition) is 3. The number of unbranched alkanes of at least 4 members (excludes halogenated alkanes) is 26. The molecule has 0 aromatic heterocycles. The molecule has 4 nitrogen and oxygen atoms in total. The summed E-state index contributed by atoms with van der Waals surface area (Å²) in [4.78, 5) is 24.5. The molecule has 0 bridgehead atoms. The quantitative estimate of drug-likeness (QED) is 0.0695. The minimum Gasteiger partial charge on any atom is -0.480 e. The summed E-state index contributed by atoms with van der Waals surface area (Å²) in [6.07, 6.45) is 36.7. The Labute approximate surface area is 272 Å². The molecular formula is C38H74O4S. The zero-order chi connectivity index (χ0) is 32.1. The molecule has 0 amide bonds. The molecule has 5 heteroatoms. The fourth-order valence-corrected chi connectivity index (χ4v) is 7.88. The standard InChI is InChI=1S/C38H74O4S/c1-5-7-9-11-13-15-17-19-21-23-25-27-29-31-33-37(3,35(39)40)43-38(4,36(41)42)34-32-30-28-26-24-22-20-18-16-14-12-10-8-6-2/h5-34H2,1-4H3,(H,39,40)(H,41,42). The van der Waals surface area contributed by atoms with Crippen LogP contribution in [0.2, 0.25) is 0 Å². The van der Waals surface area contributed by atoms with Crippen LogP contribution in [-0.4, -0.2) is 31.6 Å². The van der Waals surface area contributed by atoms with Crippen LogP contribution in [0, 0.1) is 0 Å². The third-order valence-corrected chi connectivity index (χ3v) is 11.0. The van der Waals surface area contributed by atoms with Crippen LogP contribution in [-0.2, 0) is 9.59 Å². The van der Waals surface area contributed by atoms with Gasteiger partial charge in [0.05, 0.1) is 0 Å². The van der Waals surface area contributed by atoms with Gasteiger partial charge in [-0.05, 0) is 26.7 Å². The van der Waals surface area contributed by atoms with Gasteiger partial charge in [-0.3, -0.25) is 9.59 Å². The number of hydrogen-bond donors (Lipinski definition) is 2. The van der Waals surface area contributed by atoms with Gasteiger partial charge in [0.25, 0.3) is 0 Å². The van der Waals surface area contributed by atoms with Crippen molar-refractivity contribution in [2.75, 3.05) is 0 Å². The van der Waals surface area contributed by atoms with E-state index in [0.717, 1.165) is 38.5 Å². The maximum Gasteiger partial charge on any atom is 0.319 e. The van der Waals surface area contributed by atoms with Crippen molar-refractivity contribution in [3.8, 4) is 0 Å². The van der Waals surface area contributed by atoms with Gasteiger partial charge >= 0.3 is 11.9 Å². The average Bonchev–Trinajstić information content (AvgIpc) is 2.97. The van der Waals surface area contributed by atoms with Crippen molar-refractivity contribution < 1.29 is 19.8 Å². The number of carboxylic acids is 2. The molecule has 2 atom stereocenters. The minimum absolute atomic E-state index is 0.534. The molecule has 0 aromatic carbocycles. The number of rotatable bonds is 34. The molecule has 0 fully saturated rings. The number of aliphatic carboxylic acids is 2. The average molecular weight is 627 g/mol. The van der Waals surface area contributed by atoms with Crippen molar-refractivity contribution in [2.45, 2.75) is 230 Å². The lowest BCUT2D eigenvalue weighted by Crippen LogP contribution is -2.42. The molecule has 0 aliphatic carbocycles. The molecule has 0 spiro atoms. The van der Waals surface area contributed by atoms with Gasteiger partial charge in [-0.25, -0.2) is 0 Å². The van der Waals surface area contributed by atoms with Crippen LogP contribution < -0.4 is 0 Å². The second-order valence-corrected chi connectivity index (χ2v) is 15.9. The van der Waals surface area contributed by atoms with Gasteiger partial charge < -0.3 is 10.2 Å². The molecule has 0 saturated carbocycles. The Balaban J connectivity index is 4.09. The van der Waals surface area contributed by atoms with Crippen LogP contribution in [0.4, 0.5) is 0 Å². The van der Waals surface area contributed by atoms with Crippen molar-refractivity contribution in [3.05, 3.63) is 0 Å². The van der Waals surface area contributed by atoms with Gasteiger partial charge in [-0.2, -0.15) is 0 Å². The molecule has 0 rings (SSSR count). The third-order valence-electron chi connectivity index (χ3n) is 9.37. The second-order valence-electron chi connectivity index (χ2n) is 13.9. The van der Waals surface area contributed by atoms with Crippen molar-refractivity contribution in [2.24, 2.45) is 0 Å². The number of carbonyl (C=O) groups is 2. The molecule has 0 saturated heterocycles. The monoisotopic (exact) mass is 627 g/mol. The van der Waals surface area contributed by atoms with Gasteiger partial charge in [0.1, 0.15) is 9.49 Å². The first-order valence-corrected chi connectivity index (χ1v) is 19.7. The Morgan fingerprint density at radius 3 is 0.767 bits per heavy atom. The zero-order valence-electron chi connectivity index (χ0n) is 29.3. The van der Waals surface area contributed by atoms with Crippen LogP contribution in [0.3, 0.4) is 0 Å². The fraction of sp³-hybridized carbons (Fsp3) is 0.947. The van der Waals surface area contributed by atoms with E-state index in [4.69, 9.17) is 0 Å². The highest BCUT2D eigenvalue weighted by molar-refractivity contribution is 8.03. The first-order chi connectivity index (χ1) is 20.7. The van der Waals surface area contributed by atoms with E-state index in [1.165, 1.54) is 153 Å². The largest absolute Gasteiger partial charge is 0.480 e. The summed E-state index contributed by atoms with van der Waals surface area (Å²) in [7, 11) is 0. The predicted octanol–water partition coefficient (Wildman–Crippen LogP) is 13.1. The SMILES string of the molecule is CCCCCCCCCCCCCCCCC(C)(SC(C)(CCCCCCCCCCCCCCCC)C(=O)O)C(=O)O. The Morgan fingerprint density at radius 2 is 0.581 bits per heavy atom. The molecule has 43 heavy (non-hydrogen) atoms. The number of thioether (sulfide) groups is 1. The lowest BCUT2D eigenvalue weighted by atomic mass is 9.99. The van der Waals surface area contributed by atoms with Crippen LogP contribution in [0.5, 0.6) is 0 Å². The summed E-state index contributed by atoms with van der Waals surface area (Å²) in [5.41, 5.74) is 0. The second kappa shape index (κ2) is 28.7. The first-order valence-electron chi connectivity index (χ1n) is 18.9. The maximum atomic E-state index is 12.3. The van der Waals surface area contributed by atoms with Crippen molar-refractivity contribution >= 4 is 23.7 Å². The summed E-state index contributed by atoms with van der Waals surface area (Å²) in [6, 6.07) is 0. The van der Waals surface area contributed by atoms with Crippen LogP contribution in [0.15, 0.2) is 0 Å². The molecule has 0 radical (unpaired) electrons. The first kappa shape index (κ1) is 42.3. The summed E-state index contributed by atoms with van der Waals surface area (Å²) >= 11 is 1.18. The van der Waals surface area contributed by atoms with E-state index in [2.05, 4.69) is 13.8 Å². The highest BCUT2D eigenvalue weighted by Crippen LogP contribution is 2.43. The van der Waals surface area contributed by atoms with Gasteiger partial charge in [-0.15, -0.1) is 11.8 Å². The molecule has 0 heterocycles. The molecular weight excluding hydrogens is 552 g/mol. The van der Waals surface area contributed by atoms with E-state index in [-0.39, 0.29) is 0 Å². The van der Waals surface area contributed by atoms with E-state index in [9.17, 15) is 19.8 Å². The van der Waals surface area contributed by atoms with E-state index in [1.54, 1.807) is 13.8 Å². The van der Waals surface area contributed by atoms with Gasteiger partial charge in [0.15, 0.2) is 0 Å². The third kappa shape index (κ3) is 24.2. The van der Waals surface area contributed by atoms with Crippen LogP contribution in [0.1, 0.15) is 220 Å². The fourth-order valence-electron chi connectivity index (χ4n) is 6.21. The van der Waals surface area contributed by atoms with Crippen LogP contribution in [0.25, 0.3) is 0 Å². The molecule has 0 aliphatic rings. The lowest BCUT2D eigenvalue weighted by Gasteiger charge is -2.34. The Bertz CT molecular complexity index is 600. The van der Waals surface area contributed by atoms with Gasteiger partial charge in [0.2, 0.25) is 0 Å².